The summed E-state index contributed by atoms with van der Waals surface area (Å²) in [5.74, 6) is -0.982. The zero-order chi connectivity index (χ0) is 20.0. The molecule has 0 aliphatic heterocycles. The van der Waals surface area contributed by atoms with Crippen molar-refractivity contribution in [2.24, 2.45) is 10.7 Å². The molecule has 0 unspecified atom stereocenters. The Hall–Kier alpha value is -2.98. The summed E-state index contributed by atoms with van der Waals surface area (Å²) in [4.78, 5) is 23.6. The third-order valence-electron chi connectivity index (χ3n) is 3.57. The van der Waals surface area contributed by atoms with Crippen molar-refractivity contribution in [3.05, 3.63) is 34.6 Å². The van der Waals surface area contributed by atoms with Gasteiger partial charge in [-0.05, 0) is 30.9 Å². The number of halogens is 2. The number of nitrogen functional groups attached to an aromatic ring is 2. The molecule has 0 saturated carbocycles. The first-order chi connectivity index (χ1) is 12.8. The van der Waals surface area contributed by atoms with Crippen LogP contribution in [-0.2, 0) is 6.42 Å². The fraction of sp³-hybridized carbons (Fsp3) is 0.250. The number of anilines is 2. The second-order valence-electron chi connectivity index (χ2n) is 5.62. The maximum atomic E-state index is 12.1. The number of hydrogen-bond donors (Lipinski definition) is 6. The number of aromatic nitrogens is 2. The summed E-state index contributed by atoms with van der Waals surface area (Å²) < 4.78 is 0. The Balaban J connectivity index is 0.00000392. The third-order valence-corrected chi connectivity index (χ3v) is 3.84. The largest absolute Gasteiger partial charge is 0.508 e. The number of rotatable bonds is 6. The number of benzene rings is 1. The molecule has 0 aliphatic rings. The number of aromatic hydroxyl groups is 2. The van der Waals surface area contributed by atoms with Gasteiger partial charge in [-0.1, -0.05) is 17.7 Å². The number of guanidine groups is 1. The van der Waals surface area contributed by atoms with E-state index < -0.39 is 5.91 Å². The molecule has 0 radical (unpaired) electrons. The summed E-state index contributed by atoms with van der Waals surface area (Å²) in [7, 11) is 0. The molecule has 12 heteroatoms. The lowest BCUT2D eigenvalue weighted by molar-refractivity contribution is 0.0972. The number of nitrogens with zero attached hydrogens (tertiary/aromatic N) is 3. The third kappa shape index (κ3) is 6.32. The molecule has 0 atom stereocenters. The van der Waals surface area contributed by atoms with Crippen LogP contribution in [-0.4, -0.2) is 38.6 Å². The number of carbonyl (C=O) groups excluding carboxylic acids is 1. The molecular formula is C16H21Cl2N7O3. The summed E-state index contributed by atoms with van der Waals surface area (Å²) in [6.07, 6.45) is 2.02. The molecule has 0 fully saturated rings. The molecule has 1 heterocycles. The zero-order valence-electron chi connectivity index (χ0n) is 14.7. The summed E-state index contributed by atoms with van der Waals surface area (Å²) in [6, 6.07) is 4.46. The Bertz CT molecular complexity index is 878. The number of aryl methyl sites for hydroxylation is 1. The summed E-state index contributed by atoms with van der Waals surface area (Å²) >= 11 is 5.73. The Morgan fingerprint density at radius 3 is 2.57 bits per heavy atom. The Morgan fingerprint density at radius 2 is 1.89 bits per heavy atom. The van der Waals surface area contributed by atoms with Crippen molar-refractivity contribution < 1.29 is 15.0 Å². The van der Waals surface area contributed by atoms with Crippen LogP contribution in [0.2, 0.25) is 5.15 Å². The highest BCUT2D eigenvalue weighted by molar-refractivity contribution is 6.31. The normalized spacial score (nSPS) is 11.0. The standard InChI is InChI=1S/C16H20ClN7O3.ClH/c17-12-14(19)23-13(18)11(22-12)15(27)24-16(20)21-6-2-1-3-8-4-5-9(25)7-10(8)26;/h4-5,7,25-26H,1-3,6H2,(H4,18,19,23)(H3,20,21,24,27);1H. The molecule has 2 rings (SSSR count). The van der Waals surface area contributed by atoms with Gasteiger partial charge in [-0.15, -0.1) is 12.4 Å². The van der Waals surface area contributed by atoms with E-state index in [1.54, 1.807) is 6.07 Å². The molecule has 0 bridgehead atoms. The van der Waals surface area contributed by atoms with Crippen LogP contribution >= 0.6 is 24.0 Å². The highest BCUT2D eigenvalue weighted by Crippen LogP contribution is 2.23. The fourth-order valence-electron chi connectivity index (χ4n) is 2.21. The summed E-state index contributed by atoms with van der Waals surface area (Å²) in [5.41, 5.74) is 17.2. The molecule has 1 aromatic heterocycles. The predicted octanol–water partition coefficient (Wildman–Crippen LogP) is 1.19. The first kappa shape index (κ1) is 23.1. The van der Waals surface area contributed by atoms with E-state index in [0.717, 1.165) is 12.0 Å². The molecule has 28 heavy (non-hydrogen) atoms. The van der Waals surface area contributed by atoms with Gasteiger partial charge < -0.3 is 27.4 Å². The summed E-state index contributed by atoms with van der Waals surface area (Å²) in [6.45, 7) is 0.370. The highest BCUT2D eigenvalue weighted by Gasteiger charge is 2.16. The first-order valence-electron chi connectivity index (χ1n) is 7.98. The van der Waals surface area contributed by atoms with Gasteiger partial charge in [0, 0.05) is 12.6 Å². The molecule has 1 amide bonds. The Labute approximate surface area is 172 Å². The molecule has 2 aromatic rings. The minimum absolute atomic E-state index is 0. The second-order valence-corrected chi connectivity index (χ2v) is 5.98. The lowest BCUT2D eigenvalue weighted by Crippen LogP contribution is -2.38. The van der Waals surface area contributed by atoms with Crippen LogP contribution in [0.3, 0.4) is 0 Å². The number of unbranched alkanes of at least 4 members (excludes halogenated alkanes) is 1. The maximum absolute atomic E-state index is 12.1. The number of carbonyl (C=O) groups is 1. The van der Waals surface area contributed by atoms with Gasteiger partial charge in [-0.25, -0.2) is 9.97 Å². The van der Waals surface area contributed by atoms with E-state index in [1.807, 2.05) is 0 Å². The van der Waals surface area contributed by atoms with E-state index in [2.05, 4.69) is 20.3 Å². The van der Waals surface area contributed by atoms with Gasteiger partial charge in [-0.3, -0.25) is 15.1 Å². The Morgan fingerprint density at radius 1 is 1.18 bits per heavy atom. The number of aliphatic imine (C=N–C) groups is 1. The SMILES string of the molecule is Cl.NC(=NCCCCc1ccc(O)cc1O)NC(=O)c1nc(Cl)c(N)nc1N. The van der Waals surface area contributed by atoms with E-state index in [0.29, 0.717) is 19.4 Å². The molecule has 9 N–H and O–H groups in total. The smallest absolute Gasteiger partial charge is 0.280 e. The average molecular weight is 430 g/mol. The fourth-order valence-corrected chi connectivity index (χ4v) is 2.34. The number of nitrogens with one attached hydrogen (secondary N) is 1. The topological polar surface area (TPSA) is 186 Å². The van der Waals surface area contributed by atoms with Gasteiger partial charge in [0.25, 0.3) is 5.91 Å². The van der Waals surface area contributed by atoms with Crippen LogP contribution in [0, 0.1) is 0 Å². The van der Waals surface area contributed by atoms with Crippen LogP contribution in [0.1, 0.15) is 28.9 Å². The van der Waals surface area contributed by atoms with Crippen molar-refractivity contribution in [3.8, 4) is 11.5 Å². The predicted molar refractivity (Wildman–Crippen MR) is 110 cm³/mol. The Kier molecular flexibility index (Phi) is 8.55. The maximum Gasteiger partial charge on any atom is 0.280 e. The molecule has 1 aromatic carbocycles. The van der Waals surface area contributed by atoms with Gasteiger partial charge in [0.05, 0.1) is 0 Å². The number of amides is 1. The van der Waals surface area contributed by atoms with Crippen LogP contribution in [0.25, 0.3) is 0 Å². The van der Waals surface area contributed by atoms with Crippen LogP contribution in [0.15, 0.2) is 23.2 Å². The van der Waals surface area contributed by atoms with Crippen molar-refractivity contribution in [2.45, 2.75) is 19.3 Å². The number of hydrogen-bond acceptors (Lipinski definition) is 8. The average Bonchev–Trinajstić information content (AvgIpc) is 2.59. The lowest BCUT2D eigenvalue weighted by Gasteiger charge is -2.07. The van der Waals surface area contributed by atoms with Gasteiger partial charge >= 0.3 is 0 Å². The molecule has 0 spiro atoms. The number of nitrogens with two attached hydrogens (primary N) is 3. The monoisotopic (exact) mass is 429 g/mol. The van der Waals surface area contributed by atoms with Crippen molar-refractivity contribution >= 4 is 47.5 Å². The minimum Gasteiger partial charge on any atom is -0.508 e. The van der Waals surface area contributed by atoms with Crippen LogP contribution < -0.4 is 22.5 Å². The van der Waals surface area contributed by atoms with Crippen LogP contribution in [0.4, 0.5) is 11.6 Å². The van der Waals surface area contributed by atoms with E-state index in [9.17, 15) is 15.0 Å². The van der Waals surface area contributed by atoms with E-state index in [-0.39, 0.29) is 52.3 Å². The zero-order valence-corrected chi connectivity index (χ0v) is 16.3. The van der Waals surface area contributed by atoms with Crippen molar-refractivity contribution in [3.63, 3.8) is 0 Å². The van der Waals surface area contributed by atoms with Gasteiger partial charge in [-0.2, -0.15) is 0 Å². The highest BCUT2D eigenvalue weighted by atomic mass is 35.5. The second kappa shape index (κ2) is 10.4. The van der Waals surface area contributed by atoms with Crippen molar-refractivity contribution in [2.75, 3.05) is 18.0 Å². The van der Waals surface area contributed by atoms with Gasteiger partial charge in [0.15, 0.2) is 28.4 Å². The van der Waals surface area contributed by atoms with E-state index in [4.69, 9.17) is 28.8 Å². The molecule has 152 valence electrons. The summed E-state index contributed by atoms with van der Waals surface area (Å²) in [5, 5.41) is 21.2. The van der Waals surface area contributed by atoms with E-state index in [1.165, 1.54) is 12.1 Å². The van der Waals surface area contributed by atoms with Gasteiger partial charge in [0.2, 0.25) is 0 Å². The molecule has 10 nitrogen and oxygen atoms in total. The van der Waals surface area contributed by atoms with Crippen molar-refractivity contribution in [1.29, 1.82) is 0 Å². The van der Waals surface area contributed by atoms with E-state index >= 15 is 0 Å². The van der Waals surface area contributed by atoms with Crippen molar-refractivity contribution in [1.82, 2.24) is 15.3 Å². The first-order valence-corrected chi connectivity index (χ1v) is 8.36. The molecular weight excluding hydrogens is 409 g/mol. The number of phenols is 2. The van der Waals surface area contributed by atoms with Crippen LogP contribution in [0.5, 0.6) is 11.5 Å². The molecule has 0 saturated heterocycles. The van der Waals surface area contributed by atoms with Gasteiger partial charge in [0.1, 0.15) is 11.5 Å². The lowest BCUT2D eigenvalue weighted by atomic mass is 10.1. The molecule has 0 aliphatic carbocycles. The quantitative estimate of drug-likeness (QED) is 0.224. The minimum atomic E-state index is -0.697. The number of phenolic OH excluding ortho intramolecular Hbond substituents is 2.